The molecule has 1 aliphatic carbocycles. The quantitative estimate of drug-likeness (QED) is 0.752. The van der Waals surface area contributed by atoms with E-state index in [1.165, 1.54) is 12.1 Å². The number of benzene rings is 1. The first-order valence-electron chi connectivity index (χ1n) is 4.90. The predicted octanol–water partition coefficient (Wildman–Crippen LogP) is 0.491. The van der Waals surface area contributed by atoms with Crippen molar-refractivity contribution in [1.29, 1.82) is 0 Å². The van der Waals surface area contributed by atoms with Gasteiger partial charge in [0, 0.05) is 11.3 Å². The highest BCUT2D eigenvalue weighted by atomic mass is 32.2. The fraction of sp³-hybridized carbons (Fsp3) is 0.300. The van der Waals surface area contributed by atoms with Crippen molar-refractivity contribution < 1.29 is 13.2 Å². The lowest BCUT2D eigenvalue weighted by atomic mass is 10.2. The van der Waals surface area contributed by atoms with Crippen molar-refractivity contribution in [1.82, 2.24) is 4.72 Å². The van der Waals surface area contributed by atoms with Gasteiger partial charge in [0.25, 0.3) is 5.91 Å². The molecule has 86 valence electrons. The van der Waals surface area contributed by atoms with Crippen LogP contribution >= 0.6 is 0 Å². The summed E-state index contributed by atoms with van der Waals surface area (Å²) in [4.78, 5) is 11.6. The van der Waals surface area contributed by atoms with Crippen LogP contribution in [0, 0.1) is 0 Å². The molecule has 0 radical (unpaired) electrons. The van der Waals surface area contributed by atoms with Gasteiger partial charge in [0.2, 0.25) is 10.0 Å². The zero-order chi connectivity index (χ0) is 11.8. The van der Waals surface area contributed by atoms with Gasteiger partial charge >= 0.3 is 0 Å². The summed E-state index contributed by atoms with van der Waals surface area (Å²) in [5, 5.41) is -0.405. The first-order valence-corrected chi connectivity index (χ1v) is 6.45. The third kappa shape index (κ3) is 2.33. The number of nitrogens with one attached hydrogen (secondary N) is 1. The summed E-state index contributed by atoms with van der Waals surface area (Å²) in [6.45, 7) is 0. The second-order valence-corrected chi connectivity index (χ2v) is 5.76. The van der Waals surface area contributed by atoms with Gasteiger partial charge in [-0.05, 0) is 31.0 Å². The minimum absolute atomic E-state index is 0.254. The summed E-state index contributed by atoms with van der Waals surface area (Å²) in [5.74, 6) is -0.626. The average Bonchev–Trinajstić information content (AvgIpc) is 3.00. The normalized spacial score (nSPS) is 15.8. The van der Waals surface area contributed by atoms with Gasteiger partial charge in [0.05, 0.1) is 5.25 Å². The zero-order valence-corrected chi connectivity index (χ0v) is 9.33. The highest BCUT2D eigenvalue weighted by Gasteiger charge is 2.36. The monoisotopic (exact) mass is 240 g/mol. The Kier molecular flexibility index (Phi) is 2.59. The number of nitrogens with two attached hydrogens (primary N) is 1. The molecule has 0 unspecified atom stereocenters. The van der Waals surface area contributed by atoms with Gasteiger partial charge in [-0.2, -0.15) is 0 Å². The van der Waals surface area contributed by atoms with Crippen molar-refractivity contribution in [2.75, 3.05) is 5.73 Å². The maximum atomic E-state index is 11.6. The van der Waals surface area contributed by atoms with Crippen LogP contribution in [0.25, 0.3) is 0 Å². The molecule has 0 atom stereocenters. The summed E-state index contributed by atoms with van der Waals surface area (Å²) in [5.41, 5.74) is 6.18. The number of carbonyl (C=O) groups excluding carboxylic acids is 1. The topological polar surface area (TPSA) is 89.3 Å². The Bertz CT molecular complexity index is 521. The second kappa shape index (κ2) is 3.79. The Balaban J connectivity index is 2.14. The summed E-state index contributed by atoms with van der Waals surface area (Å²) in [6, 6.07) is 6.20. The third-order valence-corrected chi connectivity index (χ3v) is 4.17. The molecule has 0 saturated heterocycles. The van der Waals surface area contributed by atoms with Gasteiger partial charge < -0.3 is 5.73 Å². The van der Waals surface area contributed by atoms with Crippen molar-refractivity contribution in [3.63, 3.8) is 0 Å². The van der Waals surface area contributed by atoms with Gasteiger partial charge in [0.15, 0.2) is 0 Å². The van der Waals surface area contributed by atoms with Crippen LogP contribution in [-0.4, -0.2) is 19.6 Å². The minimum Gasteiger partial charge on any atom is -0.399 e. The molecule has 5 nitrogen and oxygen atoms in total. The Morgan fingerprint density at radius 1 is 1.38 bits per heavy atom. The molecule has 1 saturated carbocycles. The molecule has 1 aliphatic rings. The van der Waals surface area contributed by atoms with E-state index in [1.54, 1.807) is 12.1 Å². The van der Waals surface area contributed by atoms with Crippen LogP contribution in [0.3, 0.4) is 0 Å². The van der Waals surface area contributed by atoms with Gasteiger partial charge in [0.1, 0.15) is 0 Å². The highest BCUT2D eigenvalue weighted by Crippen LogP contribution is 2.27. The maximum absolute atomic E-state index is 11.6. The van der Waals surface area contributed by atoms with E-state index in [-0.39, 0.29) is 5.56 Å². The molecule has 0 heterocycles. The van der Waals surface area contributed by atoms with Gasteiger partial charge in [-0.3, -0.25) is 4.79 Å². The molecule has 6 heteroatoms. The van der Waals surface area contributed by atoms with Crippen LogP contribution in [0.2, 0.25) is 0 Å². The first kappa shape index (κ1) is 10.9. The molecule has 1 fully saturated rings. The van der Waals surface area contributed by atoms with E-state index in [0.29, 0.717) is 18.5 Å². The molecule has 3 N–H and O–H groups in total. The smallest absolute Gasteiger partial charge is 0.264 e. The SMILES string of the molecule is Nc1cccc(C(=O)NS(=O)(=O)C2CC2)c1. The number of sulfonamides is 1. The summed E-state index contributed by atoms with van der Waals surface area (Å²) in [6.07, 6.45) is 1.25. The predicted molar refractivity (Wildman–Crippen MR) is 60.3 cm³/mol. The van der Waals surface area contributed by atoms with Crippen molar-refractivity contribution >= 4 is 21.6 Å². The molecule has 0 bridgehead atoms. The zero-order valence-electron chi connectivity index (χ0n) is 8.51. The van der Waals surface area contributed by atoms with Crippen molar-refractivity contribution in [2.45, 2.75) is 18.1 Å². The van der Waals surface area contributed by atoms with Crippen molar-refractivity contribution in [3.05, 3.63) is 29.8 Å². The van der Waals surface area contributed by atoms with Crippen molar-refractivity contribution in [2.24, 2.45) is 0 Å². The van der Waals surface area contributed by atoms with Gasteiger partial charge in [-0.15, -0.1) is 0 Å². The highest BCUT2D eigenvalue weighted by molar-refractivity contribution is 7.91. The number of hydrogen-bond donors (Lipinski definition) is 2. The lowest BCUT2D eigenvalue weighted by molar-refractivity contribution is 0.0981. The number of nitrogen functional groups attached to an aromatic ring is 1. The lowest BCUT2D eigenvalue weighted by Gasteiger charge is -2.05. The first-order chi connectivity index (χ1) is 7.49. The number of hydrogen-bond acceptors (Lipinski definition) is 4. The van der Waals surface area contributed by atoms with E-state index in [1.807, 2.05) is 4.72 Å². The van der Waals surface area contributed by atoms with E-state index in [0.717, 1.165) is 0 Å². The summed E-state index contributed by atoms with van der Waals surface area (Å²) >= 11 is 0. The largest absolute Gasteiger partial charge is 0.399 e. The minimum atomic E-state index is -3.49. The molecule has 1 amide bonds. The van der Waals surface area contributed by atoms with E-state index >= 15 is 0 Å². The van der Waals surface area contributed by atoms with E-state index in [4.69, 9.17) is 5.73 Å². The standard InChI is InChI=1S/C10H12N2O3S/c11-8-3-1-2-7(6-8)10(13)12-16(14,15)9-4-5-9/h1-3,6,9H,4-5,11H2,(H,12,13). The Hall–Kier alpha value is -1.56. The molecular weight excluding hydrogens is 228 g/mol. The lowest BCUT2D eigenvalue weighted by Crippen LogP contribution is -2.33. The molecule has 16 heavy (non-hydrogen) atoms. The Labute approximate surface area is 93.7 Å². The number of carbonyl (C=O) groups is 1. The van der Waals surface area contributed by atoms with Crippen LogP contribution in [0.1, 0.15) is 23.2 Å². The molecular formula is C10H12N2O3S. The number of amides is 1. The van der Waals surface area contributed by atoms with Crippen molar-refractivity contribution in [3.8, 4) is 0 Å². The molecule has 0 spiro atoms. The average molecular weight is 240 g/mol. The van der Waals surface area contributed by atoms with Crippen LogP contribution in [0.4, 0.5) is 5.69 Å². The van der Waals surface area contributed by atoms with Crippen LogP contribution in [0.5, 0.6) is 0 Å². The van der Waals surface area contributed by atoms with Crippen LogP contribution < -0.4 is 10.5 Å². The number of anilines is 1. The van der Waals surface area contributed by atoms with Crippen LogP contribution in [0.15, 0.2) is 24.3 Å². The maximum Gasteiger partial charge on any atom is 0.264 e. The third-order valence-electron chi connectivity index (χ3n) is 2.35. The summed E-state index contributed by atoms with van der Waals surface area (Å²) in [7, 11) is -3.49. The fourth-order valence-electron chi connectivity index (χ4n) is 1.33. The van der Waals surface area contributed by atoms with Crippen LogP contribution in [-0.2, 0) is 10.0 Å². The van der Waals surface area contributed by atoms with E-state index in [2.05, 4.69) is 0 Å². The Morgan fingerprint density at radius 2 is 2.06 bits per heavy atom. The van der Waals surface area contributed by atoms with E-state index < -0.39 is 21.2 Å². The molecule has 1 aromatic carbocycles. The van der Waals surface area contributed by atoms with E-state index in [9.17, 15) is 13.2 Å². The second-order valence-electron chi connectivity index (χ2n) is 3.80. The molecule has 0 aliphatic heterocycles. The fourth-order valence-corrected chi connectivity index (χ4v) is 2.63. The molecule has 0 aromatic heterocycles. The van der Waals surface area contributed by atoms with Gasteiger partial charge in [-0.1, -0.05) is 6.07 Å². The molecule has 2 rings (SSSR count). The van der Waals surface area contributed by atoms with Gasteiger partial charge in [-0.25, -0.2) is 13.1 Å². The molecule has 1 aromatic rings. The number of rotatable bonds is 3. The Morgan fingerprint density at radius 3 is 2.62 bits per heavy atom. The summed E-state index contributed by atoms with van der Waals surface area (Å²) < 4.78 is 25.0.